The van der Waals surface area contributed by atoms with E-state index < -0.39 is 6.04 Å². The molecule has 2 heterocycles. The number of benzene rings is 1. The van der Waals surface area contributed by atoms with E-state index in [2.05, 4.69) is 10.6 Å². The van der Waals surface area contributed by atoms with E-state index in [0.29, 0.717) is 36.5 Å². The normalized spacial score (nSPS) is 20.8. The van der Waals surface area contributed by atoms with Crippen molar-refractivity contribution in [3.8, 4) is 0 Å². The summed E-state index contributed by atoms with van der Waals surface area (Å²) in [7, 11) is 1.57. The highest BCUT2D eigenvalue weighted by molar-refractivity contribution is 6.01. The zero-order valence-corrected chi connectivity index (χ0v) is 12.1. The Kier molecular flexibility index (Phi) is 3.81. The Morgan fingerprint density at radius 1 is 1.32 bits per heavy atom. The maximum atomic E-state index is 13.1. The Morgan fingerprint density at radius 3 is 2.73 bits per heavy atom. The van der Waals surface area contributed by atoms with Gasteiger partial charge in [-0.1, -0.05) is 12.1 Å². The van der Waals surface area contributed by atoms with Crippen molar-refractivity contribution in [2.45, 2.75) is 6.04 Å². The number of urea groups is 1. The number of carbonyl (C=O) groups is 2. The smallest absolute Gasteiger partial charge is 0.319 e. The minimum Gasteiger partial charge on any atom is -0.383 e. The van der Waals surface area contributed by atoms with Gasteiger partial charge in [0, 0.05) is 13.7 Å². The zero-order chi connectivity index (χ0) is 15.7. The number of amides is 3. The van der Waals surface area contributed by atoms with Crippen molar-refractivity contribution in [3.05, 3.63) is 46.9 Å². The minimum absolute atomic E-state index is 0.145. The summed E-state index contributed by atoms with van der Waals surface area (Å²) in [5, 5.41) is 5.40. The monoisotopic (exact) mass is 305 g/mol. The molecule has 0 fully saturated rings. The van der Waals surface area contributed by atoms with Crippen molar-refractivity contribution in [2.24, 2.45) is 0 Å². The fourth-order valence-corrected chi connectivity index (χ4v) is 2.72. The average Bonchev–Trinajstić information content (AvgIpc) is 2.81. The molecular weight excluding hydrogens is 289 g/mol. The van der Waals surface area contributed by atoms with Gasteiger partial charge >= 0.3 is 6.03 Å². The summed E-state index contributed by atoms with van der Waals surface area (Å²) in [4.78, 5) is 26.0. The number of ether oxygens (including phenoxy) is 1. The van der Waals surface area contributed by atoms with E-state index in [0.717, 1.165) is 0 Å². The molecule has 0 unspecified atom stereocenters. The summed E-state index contributed by atoms with van der Waals surface area (Å²) < 4.78 is 18.1. The van der Waals surface area contributed by atoms with Crippen LogP contribution in [0.1, 0.15) is 11.6 Å². The number of carbonyl (C=O) groups excluding carboxylic acids is 2. The Bertz CT molecular complexity index is 642. The average molecular weight is 305 g/mol. The van der Waals surface area contributed by atoms with Gasteiger partial charge in [0.15, 0.2) is 0 Å². The number of halogens is 1. The van der Waals surface area contributed by atoms with Crippen molar-refractivity contribution in [1.82, 2.24) is 15.5 Å². The van der Waals surface area contributed by atoms with Crippen molar-refractivity contribution in [2.75, 3.05) is 26.8 Å². The number of nitrogens with zero attached hydrogens (tertiary/aromatic N) is 1. The molecule has 3 amide bonds. The van der Waals surface area contributed by atoms with Crippen molar-refractivity contribution in [1.29, 1.82) is 0 Å². The molecule has 6 nitrogen and oxygen atoms in total. The molecular formula is C15H16FN3O3. The molecule has 0 saturated carbocycles. The summed E-state index contributed by atoms with van der Waals surface area (Å²) in [6.45, 7) is 1.23. The summed E-state index contributed by atoms with van der Waals surface area (Å²) in [5.74, 6) is -0.508. The fraction of sp³-hybridized carbons (Fsp3) is 0.333. The second-order valence-corrected chi connectivity index (χ2v) is 5.19. The van der Waals surface area contributed by atoms with Crippen LogP contribution >= 0.6 is 0 Å². The lowest BCUT2D eigenvalue weighted by Gasteiger charge is -2.25. The summed E-state index contributed by atoms with van der Waals surface area (Å²) in [5.41, 5.74) is 1.77. The molecule has 7 heteroatoms. The van der Waals surface area contributed by atoms with Gasteiger partial charge in [-0.25, -0.2) is 9.18 Å². The Morgan fingerprint density at radius 2 is 2.05 bits per heavy atom. The molecule has 1 atom stereocenters. The third kappa shape index (κ3) is 2.55. The molecule has 0 radical (unpaired) electrons. The van der Waals surface area contributed by atoms with Crippen LogP contribution in [0.3, 0.4) is 0 Å². The molecule has 0 spiro atoms. The highest BCUT2D eigenvalue weighted by atomic mass is 19.1. The van der Waals surface area contributed by atoms with Gasteiger partial charge in [-0.15, -0.1) is 0 Å². The first kappa shape index (κ1) is 14.5. The van der Waals surface area contributed by atoms with Crippen LogP contribution in [0.15, 0.2) is 35.5 Å². The highest BCUT2D eigenvalue weighted by Gasteiger charge is 2.40. The van der Waals surface area contributed by atoms with Crippen molar-refractivity contribution >= 4 is 11.9 Å². The predicted octanol–water partition coefficient (Wildman–Crippen LogP) is 0.922. The lowest BCUT2D eigenvalue weighted by Crippen LogP contribution is -2.44. The molecule has 0 aliphatic carbocycles. The molecule has 2 aliphatic heterocycles. The second kappa shape index (κ2) is 5.76. The number of rotatable bonds is 4. The van der Waals surface area contributed by atoms with E-state index in [4.69, 9.17) is 4.74 Å². The Labute approximate surface area is 126 Å². The van der Waals surface area contributed by atoms with Crippen LogP contribution < -0.4 is 10.6 Å². The molecule has 0 saturated heterocycles. The first-order chi connectivity index (χ1) is 10.6. The van der Waals surface area contributed by atoms with E-state index >= 15 is 0 Å². The predicted molar refractivity (Wildman–Crippen MR) is 76.3 cm³/mol. The number of nitrogens with one attached hydrogen (secondary N) is 2. The number of methoxy groups -OCH3 is 1. The van der Waals surface area contributed by atoms with Crippen LogP contribution in [-0.2, 0) is 9.53 Å². The first-order valence-corrected chi connectivity index (χ1v) is 6.94. The van der Waals surface area contributed by atoms with Crippen LogP contribution in [0.2, 0.25) is 0 Å². The molecule has 22 heavy (non-hydrogen) atoms. The third-order valence-electron chi connectivity index (χ3n) is 3.79. The Hall–Kier alpha value is -2.41. The minimum atomic E-state index is -0.565. The maximum absolute atomic E-state index is 13.1. The van der Waals surface area contributed by atoms with Gasteiger partial charge in [-0.05, 0) is 17.7 Å². The molecule has 0 bridgehead atoms. The van der Waals surface area contributed by atoms with E-state index in [1.807, 2.05) is 0 Å². The van der Waals surface area contributed by atoms with Crippen LogP contribution in [0, 0.1) is 5.82 Å². The van der Waals surface area contributed by atoms with Gasteiger partial charge in [0.2, 0.25) is 0 Å². The van der Waals surface area contributed by atoms with Crippen LogP contribution in [0.25, 0.3) is 0 Å². The van der Waals surface area contributed by atoms with E-state index in [-0.39, 0.29) is 17.8 Å². The summed E-state index contributed by atoms with van der Waals surface area (Å²) in [6.07, 6.45) is 0. The molecule has 2 aliphatic rings. The molecule has 1 aromatic carbocycles. The number of hydrogen-bond acceptors (Lipinski definition) is 3. The van der Waals surface area contributed by atoms with Gasteiger partial charge in [0.1, 0.15) is 5.82 Å². The van der Waals surface area contributed by atoms with Crippen LogP contribution in [0.4, 0.5) is 9.18 Å². The first-order valence-electron chi connectivity index (χ1n) is 6.94. The fourth-order valence-electron chi connectivity index (χ4n) is 2.72. The lowest BCUT2D eigenvalue weighted by molar-refractivity contribution is -0.126. The van der Waals surface area contributed by atoms with Crippen molar-refractivity contribution < 1.29 is 18.7 Å². The Balaban J connectivity index is 1.90. The van der Waals surface area contributed by atoms with Gasteiger partial charge in [-0.3, -0.25) is 4.79 Å². The molecule has 1 aromatic rings. The van der Waals surface area contributed by atoms with Gasteiger partial charge in [0.05, 0.1) is 30.5 Å². The second-order valence-electron chi connectivity index (χ2n) is 5.19. The third-order valence-corrected chi connectivity index (χ3v) is 3.79. The number of hydrogen-bond donors (Lipinski definition) is 2. The van der Waals surface area contributed by atoms with Crippen molar-refractivity contribution in [3.63, 3.8) is 0 Å². The molecule has 116 valence electrons. The molecule has 3 rings (SSSR count). The topological polar surface area (TPSA) is 70.7 Å². The van der Waals surface area contributed by atoms with E-state index in [1.54, 1.807) is 24.1 Å². The van der Waals surface area contributed by atoms with E-state index in [1.165, 1.54) is 12.1 Å². The molecule has 2 N–H and O–H groups in total. The largest absolute Gasteiger partial charge is 0.383 e. The van der Waals surface area contributed by atoms with Crippen LogP contribution in [0.5, 0.6) is 0 Å². The highest BCUT2D eigenvalue weighted by Crippen LogP contribution is 2.32. The van der Waals surface area contributed by atoms with E-state index in [9.17, 15) is 14.0 Å². The lowest BCUT2D eigenvalue weighted by atomic mass is 9.96. The maximum Gasteiger partial charge on any atom is 0.319 e. The standard InChI is InChI=1S/C15H16FN3O3/c1-22-7-6-19-8-11-12(14(19)20)13(18-15(21)17-11)9-2-4-10(16)5-3-9/h2-5,13H,6-8H2,1H3,(H2,17,18,21)/t13-/m0/s1. The summed E-state index contributed by atoms with van der Waals surface area (Å²) >= 11 is 0. The zero-order valence-electron chi connectivity index (χ0n) is 12.1. The van der Waals surface area contributed by atoms with Gasteiger partial charge in [-0.2, -0.15) is 0 Å². The summed E-state index contributed by atoms with van der Waals surface area (Å²) in [6, 6.07) is 4.83. The quantitative estimate of drug-likeness (QED) is 0.869. The SMILES string of the molecule is COCCN1CC2=C(C1=O)[C@H](c1ccc(F)cc1)NC(=O)N2. The van der Waals surface area contributed by atoms with Crippen LogP contribution in [-0.4, -0.2) is 43.6 Å². The molecule has 0 aromatic heterocycles. The van der Waals surface area contributed by atoms with Gasteiger partial charge < -0.3 is 20.3 Å². The van der Waals surface area contributed by atoms with Gasteiger partial charge in [0.25, 0.3) is 5.91 Å².